The average Bonchev–Trinajstić information content (AvgIpc) is 3.32. The van der Waals surface area contributed by atoms with Gasteiger partial charge in [0.15, 0.2) is 0 Å². The minimum absolute atomic E-state index is 0.0729. The van der Waals surface area contributed by atoms with Gasteiger partial charge in [-0.2, -0.15) is 10.2 Å². The highest BCUT2D eigenvalue weighted by atomic mass is 16.5. The normalized spacial score (nSPS) is 13.5. The van der Waals surface area contributed by atoms with Gasteiger partial charge in [-0.05, 0) is 42.8 Å². The Balaban J connectivity index is 1.46. The molecule has 0 spiro atoms. The van der Waals surface area contributed by atoms with Crippen molar-refractivity contribution < 1.29 is 18.7 Å². The van der Waals surface area contributed by atoms with Crippen LogP contribution in [0.5, 0.6) is 11.5 Å². The van der Waals surface area contributed by atoms with Gasteiger partial charge in [0.2, 0.25) is 17.5 Å². The zero-order valence-electron chi connectivity index (χ0n) is 18.8. The highest BCUT2D eigenvalue weighted by molar-refractivity contribution is 5.97. The van der Waals surface area contributed by atoms with Crippen LogP contribution in [-0.2, 0) is 0 Å². The van der Waals surface area contributed by atoms with E-state index in [-0.39, 0.29) is 11.6 Å². The van der Waals surface area contributed by atoms with Gasteiger partial charge in [-0.15, -0.1) is 0 Å². The molecule has 3 aromatic rings. The summed E-state index contributed by atoms with van der Waals surface area (Å²) in [5, 5.41) is 9.60. The fourth-order valence-corrected chi connectivity index (χ4v) is 3.74. The van der Waals surface area contributed by atoms with E-state index in [2.05, 4.69) is 18.0 Å². The third-order valence-electron chi connectivity index (χ3n) is 5.48. The lowest BCUT2D eigenvalue weighted by atomic mass is 10.1. The standard InChI is InChI=1S/C25H26N4O4/c1-3-16-32-19-10-8-18(9-11-19)23-27-21(17-26)25(33-23)29-14-12-28(13-15-29)24(30)20-6-4-5-7-22(20)31-2/h4-11H,3,12-16H2,1-2H3. The van der Waals surface area contributed by atoms with Gasteiger partial charge in [0.05, 0.1) is 19.3 Å². The number of ether oxygens (including phenoxy) is 2. The number of hydrogen-bond donors (Lipinski definition) is 0. The van der Waals surface area contributed by atoms with Gasteiger partial charge < -0.3 is 23.7 Å². The molecule has 8 nitrogen and oxygen atoms in total. The number of para-hydroxylation sites is 1. The molecule has 0 aliphatic carbocycles. The number of benzene rings is 2. The second kappa shape index (κ2) is 10.1. The second-order valence-electron chi connectivity index (χ2n) is 7.64. The molecule has 1 aromatic heterocycles. The number of hydrogen-bond acceptors (Lipinski definition) is 7. The number of carbonyl (C=O) groups is 1. The maximum absolute atomic E-state index is 13.0. The van der Waals surface area contributed by atoms with Crippen molar-refractivity contribution in [1.29, 1.82) is 5.26 Å². The first-order valence-corrected chi connectivity index (χ1v) is 11.0. The summed E-state index contributed by atoms with van der Waals surface area (Å²) >= 11 is 0. The summed E-state index contributed by atoms with van der Waals surface area (Å²) in [5.41, 5.74) is 1.55. The molecule has 1 fully saturated rings. The van der Waals surface area contributed by atoms with Crippen molar-refractivity contribution in [2.75, 3.05) is 44.8 Å². The summed E-state index contributed by atoms with van der Waals surface area (Å²) in [6.07, 6.45) is 0.939. The molecule has 1 aliphatic rings. The number of anilines is 1. The molecule has 1 saturated heterocycles. The van der Waals surface area contributed by atoms with E-state index < -0.39 is 0 Å². The minimum atomic E-state index is -0.0729. The molecule has 8 heteroatoms. The molecule has 0 radical (unpaired) electrons. The molecule has 0 unspecified atom stereocenters. The lowest BCUT2D eigenvalue weighted by Gasteiger charge is -2.34. The van der Waals surface area contributed by atoms with Crippen LogP contribution in [0.25, 0.3) is 11.5 Å². The van der Waals surface area contributed by atoms with Gasteiger partial charge in [0, 0.05) is 31.7 Å². The van der Waals surface area contributed by atoms with Crippen molar-refractivity contribution in [2.24, 2.45) is 0 Å². The van der Waals surface area contributed by atoms with Crippen LogP contribution in [0.1, 0.15) is 29.4 Å². The number of nitrogens with zero attached hydrogens (tertiary/aromatic N) is 4. The molecule has 33 heavy (non-hydrogen) atoms. The first-order chi connectivity index (χ1) is 16.1. The number of nitriles is 1. The number of aromatic nitrogens is 1. The molecule has 0 atom stereocenters. The summed E-state index contributed by atoms with van der Waals surface area (Å²) in [4.78, 5) is 21.1. The van der Waals surface area contributed by atoms with Gasteiger partial charge in [-0.3, -0.25) is 4.79 Å². The molecular weight excluding hydrogens is 420 g/mol. The Morgan fingerprint density at radius 2 is 1.85 bits per heavy atom. The van der Waals surface area contributed by atoms with Crippen molar-refractivity contribution in [3.63, 3.8) is 0 Å². The third-order valence-corrected chi connectivity index (χ3v) is 5.48. The molecule has 170 valence electrons. The largest absolute Gasteiger partial charge is 0.496 e. The number of oxazole rings is 1. The van der Waals surface area contributed by atoms with Crippen LogP contribution in [0.4, 0.5) is 5.88 Å². The van der Waals surface area contributed by atoms with E-state index in [1.165, 1.54) is 0 Å². The van der Waals surface area contributed by atoms with Crippen LogP contribution >= 0.6 is 0 Å². The highest BCUT2D eigenvalue weighted by Gasteiger charge is 2.28. The molecule has 2 heterocycles. The number of amides is 1. The topological polar surface area (TPSA) is 91.8 Å². The summed E-state index contributed by atoms with van der Waals surface area (Å²) in [5.74, 6) is 2.09. The predicted molar refractivity (Wildman–Crippen MR) is 124 cm³/mol. The quantitative estimate of drug-likeness (QED) is 0.542. The van der Waals surface area contributed by atoms with Crippen molar-refractivity contribution in [3.8, 4) is 29.0 Å². The first kappa shape index (κ1) is 22.2. The fraction of sp³-hybridized carbons (Fsp3) is 0.320. The van der Waals surface area contributed by atoms with Crippen molar-refractivity contribution >= 4 is 11.8 Å². The molecule has 2 aromatic carbocycles. The molecule has 0 N–H and O–H groups in total. The lowest BCUT2D eigenvalue weighted by Crippen LogP contribution is -2.49. The summed E-state index contributed by atoms with van der Waals surface area (Å²) in [6.45, 7) is 4.79. The Bertz CT molecular complexity index is 1140. The maximum atomic E-state index is 13.0. The average molecular weight is 447 g/mol. The van der Waals surface area contributed by atoms with Crippen molar-refractivity contribution in [3.05, 3.63) is 59.8 Å². The van der Waals surface area contributed by atoms with E-state index in [9.17, 15) is 10.1 Å². The monoisotopic (exact) mass is 446 g/mol. The van der Waals surface area contributed by atoms with E-state index in [1.807, 2.05) is 41.3 Å². The smallest absolute Gasteiger partial charge is 0.257 e. The predicted octanol–water partition coefficient (Wildman–Crippen LogP) is 3.97. The summed E-state index contributed by atoms with van der Waals surface area (Å²) < 4.78 is 16.9. The van der Waals surface area contributed by atoms with E-state index >= 15 is 0 Å². The van der Waals surface area contributed by atoms with E-state index in [4.69, 9.17) is 13.9 Å². The van der Waals surface area contributed by atoms with Crippen LogP contribution in [0.2, 0.25) is 0 Å². The Labute approximate surface area is 193 Å². The van der Waals surface area contributed by atoms with Crippen molar-refractivity contribution in [1.82, 2.24) is 9.88 Å². The zero-order chi connectivity index (χ0) is 23.2. The molecule has 1 aliphatic heterocycles. The van der Waals surface area contributed by atoms with Gasteiger partial charge in [-0.1, -0.05) is 19.1 Å². The molecular formula is C25H26N4O4. The Hall–Kier alpha value is -3.99. The second-order valence-corrected chi connectivity index (χ2v) is 7.64. The van der Waals surface area contributed by atoms with Crippen LogP contribution in [0.15, 0.2) is 52.9 Å². The SMILES string of the molecule is CCCOc1ccc(-c2nc(C#N)c(N3CCN(C(=O)c4ccccc4OC)CC3)o2)cc1. The van der Waals surface area contributed by atoms with Crippen LogP contribution in [0, 0.1) is 11.3 Å². The van der Waals surface area contributed by atoms with E-state index in [0.717, 1.165) is 17.7 Å². The van der Waals surface area contributed by atoms with Gasteiger partial charge in [-0.25, -0.2) is 0 Å². The van der Waals surface area contributed by atoms with Crippen LogP contribution in [-0.4, -0.2) is 55.7 Å². The number of piperazine rings is 1. The van der Waals surface area contributed by atoms with E-state index in [1.54, 1.807) is 24.1 Å². The van der Waals surface area contributed by atoms with Crippen molar-refractivity contribution in [2.45, 2.75) is 13.3 Å². The molecule has 0 saturated carbocycles. The Morgan fingerprint density at radius 1 is 1.12 bits per heavy atom. The maximum Gasteiger partial charge on any atom is 0.257 e. The summed E-state index contributed by atoms with van der Waals surface area (Å²) in [6, 6.07) is 16.8. The zero-order valence-corrected chi connectivity index (χ0v) is 18.8. The number of rotatable bonds is 7. The van der Waals surface area contributed by atoms with Crippen LogP contribution < -0.4 is 14.4 Å². The molecule has 1 amide bonds. The fourth-order valence-electron chi connectivity index (χ4n) is 3.74. The Kier molecular flexibility index (Phi) is 6.79. The van der Waals surface area contributed by atoms with Gasteiger partial charge in [0.1, 0.15) is 17.6 Å². The van der Waals surface area contributed by atoms with Gasteiger partial charge in [0.25, 0.3) is 5.91 Å². The highest BCUT2D eigenvalue weighted by Crippen LogP contribution is 2.30. The number of methoxy groups -OCH3 is 1. The minimum Gasteiger partial charge on any atom is -0.496 e. The Morgan fingerprint density at radius 3 is 2.52 bits per heavy atom. The van der Waals surface area contributed by atoms with Crippen LogP contribution in [0.3, 0.4) is 0 Å². The first-order valence-electron chi connectivity index (χ1n) is 11.0. The molecule has 0 bridgehead atoms. The van der Waals surface area contributed by atoms with Gasteiger partial charge >= 0.3 is 0 Å². The third kappa shape index (κ3) is 4.77. The molecule has 4 rings (SSSR count). The summed E-state index contributed by atoms with van der Waals surface area (Å²) in [7, 11) is 1.56. The van der Waals surface area contributed by atoms with E-state index in [0.29, 0.717) is 55.9 Å². The number of carbonyl (C=O) groups excluding carboxylic acids is 1. The lowest BCUT2D eigenvalue weighted by molar-refractivity contribution is 0.0742.